The van der Waals surface area contributed by atoms with Crippen LogP contribution >= 0.6 is 0 Å². The van der Waals surface area contributed by atoms with Crippen molar-refractivity contribution in [3.63, 3.8) is 0 Å². The van der Waals surface area contributed by atoms with Gasteiger partial charge in [0.15, 0.2) is 0 Å². The predicted molar refractivity (Wildman–Crippen MR) is 120 cm³/mol. The fourth-order valence-corrected chi connectivity index (χ4v) is 3.40. The Morgan fingerprint density at radius 3 is 0.429 bits per heavy atom. The molecule has 0 aromatic rings. The van der Waals surface area contributed by atoms with Crippen LogP contribution in [-0.4, -0.2) is 0 Å². The molecule has 0 aliphatic heterocycles. The summed E-state index contributed by atoms with van der Waals surface area (Å²) >= 11 is 0. The van der Waals surface area contributed by atoms with Gasteiger partial charge in [-0.15, -0.1) is 0 Å². The number of rotatable bonds is 0. The van der Waals surface area contributed by atoms with E-state index in [-0.39, 0.29) is 39.9 Å². The SMILES string of the molecule is C[C]1[CH][C](C)[C](C)[C]1C.C[C]1[CH][C](C)[C](C)[C]1C.C[C]1[CH][C](C)[C](C)[C]1C.[Gd]. The molecule has 0 N–H and O–H groups in total. The first-order valence-corrected chi connectivity index (χ1v) is 9.98. The molecule has 0 bridgehead atoms. The molecular weight excluding hydrogens is 482 g/mol. The van der Waals surface area contributed by atoms with Crippen molar-refractivity contribution in [2.45, 2.75) is 83.1 Å². The van der Waals surface area contributed by atoms with Gasteiger partial charge < -0.3 is 0 Å². The summed E-state index contributed by atoms with van der Waals surface area (Å²) in [5.41, 5.74) is 0. The van der Waals surface area contributed by atoms with Crippen LogP contribution in [0, 0.1) is 130 Å². The summed E-state index contributed by atoms with van der Waals surface area (Å²) < 4.78 is 0. The summed E-state index contributed by atoms with van der Waals surface area (Å²) in [6.07, 6.45) is 6.72. The largest absolute Gasteiger partial charge is 0.0582 e. The minimum Gasteiger partial charge on any atom is -0.0582 e. The van der Waals surface area contributed by atoms with Crippen molar-refractivity contribution in [2.75, 3.05) is 0 Å². The zero-order chi connectivity index (χ0) is 21.0. The Morgan fingerprint density at radius 1 is 0.286 bits per heavy atom. The maximum atomic E-state index is 2.24. The first kappa shape index (κ1) is 29.3. The molecule has 1 heteroatoms. The summed E-state index contributed by atoms with van der Waals surface area (Å²) in [5.74, 6) is 17.2. The van der Waals surface area contributed by atoms with E-state index in [1.54, 1.807) is 0 Å². The van der Waals surface area contributed by atoms with Crippen molar-refractivity contribution in [3.8, 4) is 0 Å². The Bertz CT molecular complexity index is 321. The van der Waals surface area contributed by atoms with Crippen LogP contribution in [0.4, 0.5) is 0 Å². The molecule has 0 atom stereocenters. The zero-order valence-electron chi connectivity index (χ0n) is 20.1. The molecule has 0 saturated heterocycles. The Balaban J connectivity index is 0.000000384. The molecule has 0 aromatic carbocycles. The fraction of sp³-hybridized carbons (Fsp3) is 0.444. The third-order valence-electron chi connectivity index (χ3n) is 6.54. The van der Waals surface area contributed by atoms with Crippen LogP contribution in [0.5, 0.6) is 0 Å². The summed E-state index contributed by atoms with van der Waals surface area (Å²) in [6, 6.07) is 0. The average Bonchev–Trinajstić information content (AvgIpc) is 3.07. The third kappa shape index (κ3) is 7.78. The van der Waals surface area contributed by atoms with Gasteiger partial charge in [0.05, 0.1) is 0 Å². The Labute approximate surface area is 211 Å². The predicted octanol–water partition coefficient (Wildman–Crippen LogP) is 7.75. The van der Waals surface area contributed by atoms with Crippen LogP contribution in [0.25, 0.3) is 0 Å². The number of hydrogen-bond acceptors (Lipinski definition) is 0. The molecule has 155 valence electrons. The summed E-state index contributed by atoms with van der Waals surface area (Å²) in [4.78, 5) is 0. The van der Waals surface area contributed by atoms with E-state index in [2.05, 4.69) is 102 Å². The maximum absolute atomic E-state index is 2.24. The zero-order valence-corrected chi connectivity index (χ0v) is 22.4. The van der Waals surface area contributed by atoms with Crippen LogP contribution in [0.15, 0.2) is 0 Å². The van der Waals surface area contributed by atoms with Gasteiger partial charge >= 0.3 is 0 Å². The van der Waals surface area contributed by atoms with Crippen molar-refractivity contribution in [1.29, 1.82) is 0 Å². The van der Waals surface area contributed by atoms with Gasteiger partial charge in [0.2, 0.25) is 0 Å². The molecule has 3 saturated carbocycles. The Hall–Kier alpha value is 1.32. The molecule has 3 rings (SSSR count). The van der Waals surface area contributed by atoms with Crippen molar-refractivity contribution in [1.82, 2.24) is 0 Å². The van der Waals surface area contributed by atoms with Crippen LogP contribution in [0.1, 0.15) is 83.1 Å². The molecule has 3 aliphatic rings. The molecule has 0 aromatic heterocycles. The van der Waals surface area contributed by atoms with E-state index in [0.717, 1.165) is 0 Å². The van der Waals surface area contributed by atoms with Gasteiger partial charge in [-0.25, -0.2) is 0 Å². The van der Waals surface area contributed by atoms with E-state index in [1.807, 2.05) is 0 Å². The molecule has 3 fully saturated rings. The minimum absolute atomic E-state index is 0. The molecule has 3 aliphatic carbocycles. The second-order valence-electron chi connectivity index (χ2n) is 8.28. The number of hydrogen-bond donors (Lipinski definition) is 0. The first-order chi connectivity index (χ1) is 12.4. The monoisotopic (exact) mass is 521 g/mol. The smallest absolute Gasteiger partial charge is 0 e. The van der Waals surface area contributed by atoms with Gasteiger partial charge in [0, 0.05) is 39.9 Å². The Morgan fingerprint density at radius 2 is 0.393 bits per heavy atom. The van der Waals surface area contributed by atoms with Crippen molar-refractivity contribution in [3.05, 3.63) is 90.3 Å². The molecule has 15 radical (unpaired) electrons. The fourth-order valence-electron chi connectivity index (χ4n) is 3.40. The molecule has 0 spiro atoms. The molecular formula is C27H39Gd. The third-order valence-corrected chi connectivity index (χ3v) is 6.54. The molecule has 0 nitrogen and oxygen atoms in total. The van der Waals surface area contributed by atoms with Crippen LogP contribution in [0.3, 0.4) is 0 Å². The molecule has 0 unspecified atom stereocenters. The van der Waals surface area contributed by atoms with E-state index >= 15 is 0 Å². The Kier molecular flexibility index (Phi) is 13.6. The van der Waals surface area contributed by atoms with Gasteiger partial charge in [-0.3, -0.25) is 0 Å². The standard InChI is InChI=1S/3C9H13.Gd/c3*1-6-5-7(2)9(4)8(6)3;/h3*5H,1-4H3;. The van der Waals surface area contributed by atoms with Gasteiger partial charge in [-0.05, 0) is 90.3 Å². The normalized spacial score (nSPS) is 27.0. The first-order valence-electron chi connectivity index (χ1n) is 9.98. The minimum atomic E-state index is 0. The van der Waals surface area contributed by atoms with E-state index < -0.39 is 0 Å². The maximum Gasteiger partial charge on any atom is 0 e. The van der Waals surface area contributed by atoms with E-state index in [0.29, 0.717) is 0 Å². The topological polar surface area (TPSA) is 0 Å². The molecule has 0 heterocycles. The van der Waals surface area contributed by atoms with Crippen molar-refractivity contribution in [2.24, 2.45) is 0 Å². The average molecular weight is 521 g/mol. The molecule has 0 amide bonds. The summed E-state index contributed by atoms with van der Waals surface area (Å²) in [7, 11) is 0. The van der Waals surface area contributed by atoms with Crippen LogP contribution in [-0.2, 0) is 0 Å². The van der Waals surface area contributed by atoms with Gasteiger partial charge in [-0.1, -0.05) is 83.1 Å². The quantitative estimate of drug-likeness (QED) is 0.306. The van der Waals surface area contributed by atoms with Gasteiger partial charge in [0.1, 0.15) is 0 Å². The van der Waals surface area contributed by atoms with E-state index in [9.17, 15) is 0 Å². The summed E-state index contributed by atoms with van der Waals surface area (Å²) in [5, 5.41) is 0. The van der Waals surface area contributed by atoms with Crippen molar-refractivity contribution < 1.29 is 39.9 Å². The second kappa shape index (κ2) is 13.0. The van der Waals surface area contributed by atoms with Gasteiger partial charge in [0.25, 0.3) is 0 Å². The van der Waals surface area contributed by atoms with Crippen molar-refractivity contribution >= 4 is 0 Å². The van der Waals surface area contributed by atoms with E-state index in [4.69, 9.17) is 0 Å². The second-order valence-corrected chi connectivity index (χ2v) is 8.28. The summed E-state index contributed by atoms with van der Waals surface area (Å²) in [6.45, 7) is 26.0. The van der Waals surface area contributed by atoms with E-state index in [1.165, 1.54) is 71.0 Å². The molecule has 28 heavy (non-hydrogen) atoms. The van der Waals surface area contributed by atoms with Gasteiger partial charge in [-0.2, -0.15) is 0 Å². The van der Waals surface area contributed by atoms with Crippen LogP contribution in [0.2, 0.25) is 0 Å². The van der Waals surface area contributed by atoms with Crippen LogP contribution < -0.4 is 0 Å².